The molecule has 0 spiro atoms. The van der Waals surface area contributed by atoms with Gasteiger partial charge in [-0.05, 0) is 43.9 Å². The predicted octanol–water partition coefficient (Wildman–Crippen LogP) is 2.81. The summed E-state index contributed by atoms with van der Waals surface area (Å²) < 4.78 is 0. The highest BCUT2D eigenvalue weighted by molar-refractivity contribution is 5.84. The molecule has 3 N–H and O–H groups in total. The zero-order valence-corrected chi connectivity index (χ0v) is 12.2. The number of hydrogen-bond acceptors (Lipinski definition) is 5. The quantitative estimate of drug-likeness (QED) is 0.887. The standard InChI is InChI=1S/C16H20N4O/c1-11-5-2-3-8-20(11)16-14(15(17)18-10-19-16)12-6-4-7-13(21)9-12/h4,6-7,9-11,21H,2-3,5,8H2,1H3,(H2,17,18,19). The minimum atomic E-state index is 0.216. The summed E-state index contributed by atoms with van der Waals surface area (Å²) in [6, 6.07) is 7.51. The molecular formula is C16H20N4O. The van der Waals surface area contributed by atoms with Crippen LogP contribution < -0.4 is 10.6 Å². The van der Waals surface area contributed by atoms with Gasteiger partial charge in [0.15, 0.2) is 0 Å². The predicted molar refractivity (Wildman–Crippen MR) is 84.2 cm³/mol. The molecule has 110 valence electrons. The van der Waals surface area contributed by atoms with Gasteiger partial charge in [-0.25, -0.2) is 9.97 Å². The van der Waals surface area contributed by atoms with Gasteiger partial charge in [-0.3, -0.25) is 0 Å². The first-order valence-corrected chi connectivity index (χ1v) is 7.33. The summed E-state index contributed by atoms with van der Waals surface area (Å²) in [5.41, 5.74) is 7.75. The van der Waals surface area contributed by atoms with Crippen LogP contribution in [-0.2, 0) is 0 Å². The van der Waals surface area contributed by atoms with Gasteiger partial charge >= 0.3 is 0 Å². The first-order chi connectivity index (χ1) is 10.2. The SMILES string of the molecule is CC1CCCCN1c1ncnc(N)c1-c1cccc(O)c1. The van der Waals surface area contributed by atoms with E-state index in [1.807, 2.05) is 6.07 Å². The van der Waals surface area contributed by atoms with Crippen molar-refractivity contribution in [1.82, 2.24) is 9.97 Å². The van der Waals surface area contributed by atoms with Gasteiger partial charge in [0.25, 0.3) is 0 Å². The third-order valence-corrected chi connectivity index (χ3v) is 4.07. The van der Waals surface area contributed by atoms with Crippen LogP contribution in [0.15, 0.2) is 30.6 Å². The Morgan fingerprint density at radius 2 is 2.14 bits per heavy atom. The van der Waals surface area contributed by atoms with Gasteiger partial charge in [0.05, 0.1) is 5.56 Å². The maximum Gasteiger partial charge on any atom is 0.142 e. The zero-order valence-electron chi connectivity index (χ0n) is 12.2. The molecule has 1 atom stereocenters. The Kier molecular flexibility index (Phi) is 3.64. The molecule has 0 radical (unpaired) electrons. The summed E-state index contributed by atoms with van der Waals surface area (Å²) in [6.45, 7) is 3.19. The Balaban J connectivity index is 2.11. The molecule has 2 heterocycles. The fourth-order valence-corrected chi connectivity index (χ4v) is 2.96. The van der Waals surface area contributed by atoms with E-state index in [0.717, 1.165) is 36.3 Å². The normalized spacial score (nSPS) is 18.7. The van der Waals surface area contributed by atoms with Crippen molar-refractivity contribution >= 4 is 11.6 Å². The summed E-state index contributed by atoms with van der Waals surface area (Å²) in [5, 5.41) is 9.72. The van der Waals surface area contributed by atoms with E-state index >= 15 is 0 Å². The Labute approximate surface area is 124 Å². The largest absolute Gasteiger partial charge is 0.508 e. The number of hydrogen-bond donors (Lipinski definition) is 2. The third kappa shape index (κ3) is 2.63. The van der Waals surface area contributed by atoms with Crippen molar-refractivity contribution < 1.29 is 5.11 Å². The van der Waals surface area contributed by atoms with Crippen LogP contribution in [0.5, 0.6) is 5.75 Å². The van der Waals surface area contributed by atoms with Gasteiger partial charge in [-0.2, -0.15) is 0 Å². The molecule has 1 fully saturated rings. The summed E-state index contributed by atoms with van der Waals surface area (Å²) >= 11 is 0. The first kappa shape index (κ1) is 13.7. The number of aromatic hydroxyl groups is 1. The lowest BCUT2D eigenvalue weighted by Gasteiger charge is -2.35. The van der Waals surface area contributed by atoms with Crippen LogP contribution in [0.4, 0.5) is 11.6 Å². The Bertz CT molecular complexity index is 644. The lowest BCUT2D eigenvalue weighted by atomic mass is 10.0. The lowest BCUT2D eigenvalue weighted by molar-refractivity contribution is 0.475. The number of rotatable bonds is 2. The van der Waals surface area contributed by atoms with E-state index in [1.54, 1.807) is 18.2 Å². The van der Waals surface area contributed by atoms with Crippen molar-refractivity contribution in [2.24, 2.45) is 0 Å². The van der Waals surface area contributed by atoms with Gasteiger partial charge in [-0.1, -0.05) is 12.1 Å². The van der Waals surface area contributed by atoms with Crippen LogP contribution in [0.25, 0.3) is 11.1 Å². The van der Waals surface area contributed by atoms with Gasteiger partial charge in [0, 0.05) is 12.6 Å². The van der Waals surface area contributed by atoms with Gasteiger partial charge in [-0.15, -0.1) is 0 Å². The van der Waals surface area contributed by atoms with Crippen molar-refractivity contribution in [1.29, 1.82) is 0 Å². The Morgan fingerprint density at radius 1 is 1.29 bits per heavy atom. The molecule has 5 nitrogen and oxygen atoms in total. The summed E-state index contributed by atoms with van der Waals surface area (Å²) in [7, 11) is 0. The summed E-state index contributed by atoms with van der Waals surface area (Å²) in [6.07, 6.45) is 5.08. The zero-order chi connectivity index (χ0) is 14.8. The Morgan fingerprint density at radius 3 is 2.90 bits per heavy atom. The van der Waals surface area contributed by atoms with Gasteiger partial charge in [0.1, 0.15) is 23.7 Å². The molecule has 1 aromatic carbocycles. The highest BCUT2D eigenvalue weighted by Gasteiger charge is 2.24. The third-order valence-electron chi connectivity index (χ3n) is 4.07. The number of piperidine rings is 1. The number of benzene rings is 1. The number of phenolic OH excluding ortho intramolecular Hbond substituents is 1. The van der Waals surface area contributed by atoms with Crippen LogP contribution in [0, 0.1) is 0 Å². The van der Waals surface area contributed by atoms with Gasteiger partial charge in [0.2, 0.25) is 0 Å². The molecule has 1 aliphatic heterocycles. The molecule has 2 aromatic rings. The molecule has 3 rings (SSSR count). The highest BCUT2D eigenvalue weighted by atomic mass is 16.3. The van der Waals surface area contributed by atoms with Crippen LogP contribution in [0.3, 0.4) is 0 Å². The first-order valence-electron chi connectivity index (χ1n) is 7.33. The Hall–Kier alpha value is -2.30. The van der Waals surface area contributed by atoms with Crippen LogP contribution in [0.1, 0.15) is 26.2 Å². The average Bonchev–Trinajstić information content (AvgIpc) is 2.47. The fourth-order valence-electron chi connectivity index (χ4n) is 2.96. The number of nitrogens with two attached hydrogens (primary N) is 1. The molecule has 0 saturated carbocycles. The van der Waals surface area contributed by atoms with E-state index < -0.39 is 0 Å². The van der Waals surface area contributed by atoms with E-state index in [2.05, 4.69) is 21.8 Å². The molecule has 1 aliphatic rings. The van der Waals surface area contributed by atoms with Gasteiger partial charge < -0.3 is 15.7 Å². The number of anilines is 2. The number of phenols is 1. The van der Waals surface area contributed by atoms with E-state index in [9.17, 15) is 5.11 Å². The maximum absolute atomic E-state index is 9.72. The van der Waals surface area contributed by atoms with Crippen LogP contribution in [0.2, 0.25) is 0 Å². The van der Waals surface area contributed by atoms with Crippen LogP contribution in [-0.4, -0.2) is 27.7 Å². The smallest absolute Gasteiger partial charge is 0.142 e. The molecule has 1 aromatic heterocycles. The molecule has 0 bridgehead atoms. The molecule has 0 amide bonds. The van der Waals surface area contributed by atoms with Crippen molar-refractivity contribution in [3.8, 4) is 16.9 Å². The monoisotopic (exact) mass is 284 g/mol. The summed E-state index contributed by atoms with van der Waals surface area (Å²) in [5.74, 6) is 1.53. The lowest BCUT2D eigenvalue weighted by Crippen LogP contribution is -2.38. The van der Waals surface area contributed by atoms with Crippen molar-refractivity contribution in [3.63, 3.8) is 0 Å². The highest BCUT2D eigenvalue weighted by Crippen LogP contribution is 2.36. The molecule has 5 heteroatoms. The summed E-state index contributed by atoms with van der Waals surface area (Å²) in [4.78, 5) is 10.9. The second-order valence-corrected chi connectivity index (χ2v) is 5.55. The van der Waals surface area contributed by atoms with E-state index in [-0.39, 0.29) is 5.75 Å². The van der Waals surface area contributed by atoms with Crippen molar-refractivity contribution in [2.75, 3.05) is 17.2 Å². The molecule has 1 unspecified atom stereocenters. The average molecular weight is 284 g/mol. The topological polar surface area (TPSA) is 75.3 Å². The minimum absolute atomic E-state index is 0.216. The van der Waals surface area contributed by atoms with Crippen molar-refractivity contribution in [3.05, 3.63) is 30.6 Å². The molecular weight excluding hydrogens is 264 g/mol. The van der Waals surface area contributed by atoms with Crippen molar-refractivity contribution in [2.45, 2.75) is 32.2 Å². The second-order valence-electron chi connectivity index (χ2n) is 5.55. The number of nitrogen functional groups attached to an aromatic ring is 1. The van der Waals surface area contributed by atoms with E-state index in [4.69, 9.17) is 5.73 Å². The molecule has 21 heavy (non-hydrogen) atoms. The van der Waals surface area contributed by atoms with E-state index in [0.29, 0.717) is 11.9 Å². The maximum atomic E-state index is 9.72. The molecule has 1 saturated heterocycles. The fraction of sp³-hybridized carbons (Fsp3) is 0.375. The second kappa shape index (κ2) is 5.60. The van der Waals surface area contributed by atoms with E-state index in [1.165, 1.54) is 12.7 Å². The molecule has 0 aliphatic carbocycles. The minimum Gasteiger partial charge on any atom is -0.508 e. The number of nitrogens with zero attached hydrogens (tertiary/aromatic N) is 3. The van der Waals surface area contributed by atoms with Crippen LogP contribution >= 0.6 is 0 Å². The number of aromatic nitrogens is 2.